The van der Waals surface area contributed by atoms with Gasteiger partial charge in [-0.15, -0.1) is 0 Å². The summed E-state index contributed by atoms with van der Waals surface area (Å²) in [5, 5.41) is 3.25. The van der Waals surface area contributed by atoms with Gasteiger partial charge in [-0.25, -0.2) is 0 Å². The molecule has 1 aromatic carbocycles. The first-order valence-electron chi connectivity index (χ1n) is 4.81. The van der Waals surface area contributed by atoms with Crippen molar-refractivity contribution in [1.82, 2.24) is 0 Å². The zero-order chi connectivity index (χ0) is 11.3. The van der Waals surface area contributed by atoms with Crippen LogP contribution in [0.15, 0.2) is 12.1 Å². The van der Waals surface area contributed by atoms with E-state index < -0.39 is 0 Å². The van der Waals surface area contributed by atoms with Crippen LogP contribution in [-0.2, 0) is 0 Å². The Morgan fingerprint density at radius 1 is 1.27 bits per heavy atom. The molecule has 0 radical (unpaired) electrons. The predicted octanol–water partition coefficient (Wildman–Crippen LogP) is 2.35. The molecule has 0 saturated heterocycles. The monoisotopic (exact) mass is 227 g/mol. The summed E-state index contributed by atoms with van der Waals surface area (Å²) in [6.45, 7) is 2.79. The van der Waals surface area contributed by atoms with Crippen molar-refractivity contribution in [2.75, 3.05) is 31.8 Å². The first-order valence-corrected chi connectivity index (χ1v) is 5.44. The lowest BCUT2D eigenvalue weighted by molar-refractivity contribution is 0.390. The molecule has 0 aromatic heterocycles. The second-order valence-electron chi connectivity index (χ2n) is 3.12. The van der Waals surface area contributed by atoms with Crippen molar-refractivity contribution >= 4 is 18.3 Å². The van der Waals surface area contributed by atoms with Crippen LogP contribution >= 0.6 is 12.6 Å². The molecule has 0 amide bonds. The fraction of sp³-hybridized carbons (Fsp3) is 0.455. The molecule has 0 heterocycles. The molecule has 0 fully saturated rings. The topological polar surface area (TPSA) is 30.5 Å². The summed E-state index contributed by atoms with van der Waals surface area (Å²) in [5.41, 5.74) is 1.98. The van der Waals surface area contributed by atoms with E-state index in [2.05, 4.69) is 17.9 Å². The van der Waals surface area contributed by atoms with Gasteiger partial charge in [0.2, 0.25) is 0 Å². The van der Waals surface area contributed by atoms with E-state index in [9.17, 15) is 0 Å². The lowest BCUT2D eigenvalue weighted by Crippen LogP contribution is -2.05. The Hall–Kier alpha value is -1.03. The third kappa shape index (κ3) is 2.72. The van der Waals surface area contributed by atoms with E-state index in [-0.39, 0.29) is 0 Å². The standard InChI is InChI=1S/C11H17NO2S/c1-8-10(13-2)5-4-9(11(8)14-3)12-6-7-15/h4-5,12,15H,6-7H2,1-3H3. The van der Waals surface area contributed by atoms with Crippen molar-refractivity contribution in [2.24, 2.45) is 0 Å². The van der Waals surface area contributed by atoms with Gasteiger partial charge in [0.15, 0.2) is 0 Å². The minimum absolute atomic E-state index is 0.786. The lowest BCUT2D eigenvalue weighted by atomic mass is 10.1. The normalized spacial score (nSPS) is 9.87. The highest BCUT2D eigenvalue weighted by molar-refractivity contribution is 7.80. The molecule has 0 aliphatic rings. The summed E-state index contributed by atoms with van der Waals surface area (Å²) in [6, 6.07) is 3.88. The van der Waals surface area contributed by atoms with Crippen molar-refractivity contribution in [1.29, 1.82) is 0 Å². The maximum absolute atomic E-state index is 5.35. The van der Waals surface area contributed by atoms with Crippen molar-refractivity contribution < 1.29 is 9.47 Å². The van der Waals surface area contributed by atoms with Crippen LogP contribution in [-0.4, -0.2) is 26.5 Å². The molecule has 3 nitrogen and oxygen atoms in total. The van der Waals surface area contributed by atoms with Gasteiger partial charge in [0.25, 0.3) is 0 Å². The highest BCUT2D eigenvalue weighted by Gasteiger charge is 2.10. The Labute approximate surface area is 96.2 Å². The smallest absolute Gasteiger partial charge is 0.148 e. The third-order valence-electron chi connectivity index (χ3n) is 2.21. The van der Waals surface area contributed by atoms with Gasteiger partial charge >= 0.3 is 0 Å². The van der Waals surface area contributed by atoms with Gasteiger partial charge < -0.3 is 14.8 Å². The van der Waals surface area contributed by atoms with Gasteiger partial charge in [0, 0.05) is 17.9 Å². The van der Waals surface area contributed by atoms with Crippen molar-refractivity contribution in [2.45, 2.75) is 6.92 Å². The van der Waals surface area contributed by atoms with E-state index in [0.29, 0.717) is 0 Å². The maximum Gasteiger partial charge on any atom is 0.148 e. The average Bonchev–Trinajstić information content (AvgIpc) is 2.26. The number of hydrogen-bond acceptors (Lipinski definition) is 4. The fourth-order valence-electron chi connectivity index (χ4n) is 1.49. The largest absolute Gasteiger partial charge is 0.496 e. The number of rotatable bonds is 5. The van der Waals surface area contributed by atoms with Gasteiger partial charge in [-0.05, 0) is 19.1 Å². The Kier molecular flexibility index (Phi) is 4.62. The van der Waals surface area contributed by atoms with Gasteiger partial charge in [-0.2, -0.15) is 12.6 Å². The van der Waals surface area contributed by atoms with Crippen LogP contribution in [0.1, 0.15) is 5.56 Å². The zero-order valence-corrected chi connectivity index (χ0v) is 10.2. The van der Waals surface area contributed by atoms with E-state index in [1.807, 2.05) is 19.1 Å². The number of hydrogen-bond donors (Lipinski definition) is 2. The summed E-state index contributed by atoms with van der Waals surface area (Å²) in [5.74, 6) is 2.45. The average molecular weight is 227 g/mol. The van der Waals surface area contributed by atoms with Crippen molar-refractivity contribution in [3.63, 3.8) is 0 Å². The molecule has 0 saturated carbocycles. The molecule has 0 unspecified atom stereocenters. The van der Waals surface area contributed by atoms with Crippen LogP contribution < -0.4 is 14.8 Å². The van der Waals surface area contributed by atoms with Crippen LogP contribution in [0, 0.1) is 6.92 Å². The van der Waals surface area contributed by atoms with E-state index in [1.165, 1.54) is 0 Å². The molecular weight excluding hydrogens is 210 g/mol. The third-order valence-corrected chi connectivity index (χ3v) is 2.43. The molecule has 0 bridgehead atoms. The molecular formula is C11H17NO2S. The maximum atomic E-state index is 5.35. The molecule has 84 valence electrons. The Morgan fingerprint density at radius 3 is 2.53 bits per heavy atom. The van der Waals surface area contributed by atoms with E-state index in [1.54, 1.807) is 14.2 Å². The SMILES string of the molecule is COc1ccc(NCCS)c(OC)c1C. The van der Waals surface area contributed by atoms with Crippen LogP contribution in [0.2, 0.25) is 0 Å². The van der Waals surface area contributed by atoms with Gasteiger partial charge in [-0.3, -0.25) is 0 Å². The highest BCUT2D eigenvalue weighted by Crippen LogP contribution is 2.34. The first-order chi connectivity index (χ1) is 7.24. The molecule has 0 atom stereocenters. The zero-order valence-electron chi connectivity index (χ0n) is 9.33. The van der Waals surface area contributed by atoms with Crippen LogP contribution in [0.3, 0.4) is 0 Å². The van der Waals surface area contributed by atoms with Gasteiger partial charge in [0.1, 0.15) is 11.5 Å². The summed E-state index contributed by atoms with van der Waals surface area (Å²) >= 11 is 4.15. The Morgan fingerprint density at radius 2 is 2.00 bits per heavy atom. The van der Waals surface area contributed by atoms with Crippen molar-refractivity contribution in [3.8, 4) is 11.5 Å². The number of thiol groups is 1. The molecule has 0 spiro atoms. The summed E-state index contributed by atoms with van der Waals surface area (Å²) in [4.78, 5) is 0. The number of nitrogens with one attached hydrogen (secondary N) is 1. The summed E-state index contributed by atoms with van der Waals surface area (Å²) in [7, 11) is 3.32. The number of benzene rings is 1. The molecule has 4 heteroatoms. The molecule has 15 heavy (non-hydrogen) atoms. The summed E-state index contributed by atoms with van der Waals surface area (Å²) < 4.78 is 10.6. The molecule has 1 aromatic rings. The molecule has 1 rings (SSSR count). The van der Waals surface area contributed by atoms with Crippen LogP contribution in [0.25, 0.3) is 0 Å². The second kappa shape index (κ2) is 5.75. The minimum Gasteiger partial charge on any atom is -0.496 e. The lowest BCUT2D eigenvalue weighted by Gasteiger charge is -2.15. The Bertz CT molecular complexity index is 329. The number of ether oxygens (including phenoxy) is 2. The van der Waals surface area contributed by atoms with E-state index >= 15 is 0 Å². The number of methoxy groups -OCH3 is 2. The van der Waals surface area contributed by atoms with Gasteiger partial charge in [0.05, 0.1) is 19.9 Å². The molecule has 0 aliphatic heterocycles. The number of anilines is 1. The first kappa shape index (κ1) is 12.0. The molecule has 1 N–H and O–H groups in total. The van der Waals surface area contributed by atoms with E-state index in [4.69, 9.17) is 9.47 Å². The highest BCUT2D eigenvalue weighted by atomic mass is 32.1. The van der Waals surface area contributed by atoms with E-state index in [0.717, 1.165) is 35.0 Å². The minimum atomic E-state index is 0.786. The quantitative estimate of drug-likeness (QED) is 0.757. The summed E-state index contributed by atoms with van der Waals surface area (Å²) in [6.07, 6.45) is 0. The van der Waals surface area contributed by atoms with Crippen molar-refractivity contribution in [3.05, 3.63) is 17.7 Å². The van der Waals surface area contributed by atoms with Crippen LogP contribution in [0.5, 0.6) is 11.5 Å². The fourth-order valence-corrected chi connectivity index (χ4v) is 1.60. The Balaban J connectivity index is 3.01. The second-order valence-corrected chi connectivity index (χ2v) is 3.57. The molecule has 0 aliphatic carbocycles. The van der Waals surface area contributed by atoms with Gasteiger partial charge in [-0.1, -0.05) is 0 Å². The van der Waals surface area contributed by atoms with Crippen LogP contribution in [0.4, 0.5) is 5.69 Å². The predicted molar refractivity (Wildman–Crippen MR) is 66.6 cm³/mol.